The minimum absolute atomic E-state index is 0. The first-order valence-electron chi connectivity index (χ1n) is 14.9. The van der Waals surface area contributed by atoms with Gasteiger partial charge in [0.2, 0.25) is 0 Å². The number of benzene rings is 6. The van der Waals surface area contributed by atoms with Gasteiger partial charge in [-0.05, 0) is 44.5 Å². The summed E-state index contributed by atoms with van der Waals surface area (Å²) in [5.74, 6) is 0. The van der Waals surface area contributed by atoms with Crippen LogP contribution in [-0.4, -0.2) is 16.5 Å². The van der Waals surface area contributed by atoms with Crippen molar-refractivity contribution in [2.24, 2.45) is 0 Å². The van der Waals surface area contributed by atoms with Gasteiger partial charge in [-0.15, -0.1) is 12.4 Å². The average molecular weight is 591 g/mol. The molecule has 2 unspecified atom stereocenters. The highest BCUT2D eigenvalue weighted by molar-refractivity contribution is 5.85. The topological polar surface area (TPSA) is 6.48 Å². The molecular formula is C41H35ClN2. The zero-order valence-corrected chi connectivity index (χ0v) is 25.3. The summed E-state index contributed by atoms with van der Waals surface area (Å²) in [7, 11) is 0. The first-order chi connectivity index (χ1) is 21.3. The molecule has 2 nitrogen and oxygen atoms in total. The highest BCUT2D eigenvalue weighted by atomic mass is 35.5. The van der Waals surface area contributed by atoms with Gasteiger partial charge < -0.3 is 9.80 Å². The van der Waals surface area contributed by atoms with Crippen LogP contribution in [0.1, 0.15) is 34.3 Å². The summed E-state index contributed by atoms with van der Waals surface area (Å²) in [6, 6.07) is 61.2. The molecule has 0 fully saturated rings. The van der Waals surface area contributed by atoms with E-state index in [1.54, 1.807) is 0 Å². The molecule has 3 heteroatoms. The van der Waals surface area contributed by atoms with Crippen molar-refractivity contribution in [3.8, 4) is 22.3 Å². The van der Waals surface area contributed by atoms with E-state index in [4.69, 9.17) is 0 Å². The van der Waals surface area contributed by atoms with E-state index in [-0.39, 0.29) is 24.5 Å². The van der Waals surface area contributed by atoms with E-state index >= 15 is 0 Å². The average Bonchev–Trinajstić information content (AvgIpc) is 3.56. The summed E-state index contributed by atoms with van der Waals surface area (Å²) in [4.78, 5) is 4.92. The number of nitrogens with zero attached hydrogens (tertiary/aromatic N) is 2. The van der Waals surface area contributed by atoms with Crippen LogP contribution >= 0.6 is 12.4 Å². The molecule has 1 aliphatic rings. The molecule has 0 bridgehead atoms. The highest BCUT2D eigenvalue weighted by Crippen LogP contribution is 2.37. The van der Waals surface area contributed by atoms with Gasteiger partial charge in [-0.25, -0.2) is 0 Å². The summed E-state index contributed by atoms with van der Waals surface area (Å²) in [6.45, 7) is 0.778. The van der Waals surface area contributed by atoms with Crippen LogP contribution in [0.5, 0.6) is 0 Å². The van der Waals surface area contributed by atoms with Gasteiger partial charge in [0.1, 0.15) is 0 Å². The molecule has 44 heavy (non-hydrogen) atoms. The van der Waals surface area contributed by atoms with Crippen molar-refractivity contribution < 1.29 is 0 Å². The van der Waals surface area contributed by atoms with Crippen LogP contribution in [0.3, 0.4) is 0 Å². The third-order valence-electron chi connectivity index (χ3n) is 8.34. The molecule has 1 aliphatic heterocycles. The van der Waals surface area contributed by atoms with Crippen molar-refractivity contribution in [2.45, 2.75) is 12.1 Å². The molecule has 216 valence electrons. The lowest BCUT2D eigenvalue weighted by molar-refractivity contribution is 0.207. The summed E-state index contributed by atoms with van der Waals surface area (Å²) in [6.07, 6.45) is 4.52. The summed E-state index contributed by atoms with van der Waals surface area (Å²) < 4.78 is 0. The van der Waals surface area contributed by atoms with Gasteiger partial charge in [0.15, 0.2) is 0 Å². The van der Waals surface area contributed by atoms with Gasteiger partial charge in [-0.1, -0.05) is 170 Å². The molecule has 7 rings (SSSR count). The molecule has 0 saturated carbocycles. The third kappa shape index (κ3) is 6.17. The lowest BCUT2D eigenvalue weighted by Crippen LogP contribution is -2.32. The molecule has 2 atom stereocenters. The first-order valence-corrected chi connectivity index (χ1v) is 14.9. The molecular weight excluding hydrogens is 556 g/mol. The molecule has 0 radical (unpaired) electrons. The molecule has 0 N–H and O–H groups in total. The Labute approximate surface area is 267 Å². The van der Waals surface area contributed by atoms with Gasteiger partial charge in [0.25, 0.3) is 0 Å². The fourth-order valence-electron chi connectivity index (χ4n) is 6.19. The molecule has 6 aromatic rings. The predicted octanol–water partition coefficient (Wildman–Crippen LogP) is 10.4. The van der Waals surface area contributed by atoms with Crippen molar-refractivity contribution in [1.29, 1.82) is 0 Å². The molecule has 1 heterocycles. The molecule has 0 aliphatic carbocycles. The monoisotopic (exact) mass is 590 g/mol. The largest absolute Gasteiger partial charge is 0.348 e. The second-order valence-electron chi connectivity index (χ2n) is 11.1. The fraction of sp³-hybridized carbons (Fsp3) is 0.0732. The van der Waals surface area contributed by atoms with Crippen LogP contribution in [0.2, 0.25) is 0 Å². The lowest BCUT2D eigenvalue weighted by atomic mass is 9.94. The number of hydrogen-bond donors (Lipinski definition) is 0. The summed E-state index contributed by atoms with van der Waals surface area (Å²) >= 11 is 0. The van der Waals surface area contributed by atoms with Crippen molar-refractivity contribution >= 4 is 12.4 Å². The molecule has 0 spiro atoms. The van der Waals surface area contributed by atoms with E-state index in [2.05, 4.69) is 192 Å². The molecule has 6 aromatic carbocycles. The Morgan fingerprint density at radius 3 is 0.932 bits per heavy atom. The maximum atomic E-state index is 2.46. The minimum Gasteiger partial charge on any atom is -0.348 e. The van der Waals surface area contributed by atoms with E-state index in [1.807, 2.05) is 0 Å². The standard InChI is InChI=1S/C41H34N2.ClH/c1-5-13-32(14-6-1)34-21-25-38(26-22-34)40(36-17-9-3-10-18-36)42-29-30-43(31-42)41(37-19-11-4-12-20-37)39-27-23-35(24-28-39)33-15-7-2-8-16-33;/h1-30,40-41H,31H2;1H. The second kappa shape index (κ2) is 13.5. The quantitative estimate of drug-likeness (QED) is 0.174. The Balaban J connectivity index is 0.00000343. The SMILES string of the molecule is C1=CN(C(c2ccccc2)c2ccc(-c3ccccc3)cc2)CN1C(c1ccccc1)c1ccc(-c2ccccc2)cc1.Cl. The summed E-state index contributed by atoms with van der Waals surface area (Å²) in [5.41, 5.74) is 10.1. The van der Waals surface area contributed by atoms with E-state index in [0.29, 0.717) is 0 Å². The van der Waals surface area contributed by atoms with Crippen molar-refractivity contribution in [1.82, 2.24) is 9.80 Å². The van der Waals surface area contributed by atoms with Gasteiger partial charge in [0, 0.05) is 12.4 Å². The first kappa shape index (κ1) is 29.0. The maximum Gasteiger partial charge on any atom is 0.0911 e. The van der Waals surface area contributed by atoms with Gasteiger partial charge in [0.05, 0.1) is 18.8 Å². The van der Waals surface area contributed by atoms with Crippen LogP contribution in [0.25, 0.3) is 22.3 Å². The van der Waals surface area contributed by atoms with Gasteiger partial charge >= 0.3 is 0 Å². The zero-order chi connectivity index (χ0) is 28.8. The Morgan fingerprint density at radius 1 is 0.318 bits per heavy atom. The molecule has 0 aromatic heterocycles. The maximum absolute atomic E-state index is 2.46. The Bertz CT molecular complexity index is 1640. The van der Waals surface area contributed by atoms with Crippen molar-refractivity contribution in [2.75, 3.05) is 6.67 Å². The second-order valence-corrected chi connectivity index (χ2v) is 11.1. The highest BCUT2D eigenvalue weighted by Gasteiger charge is 2.29. The van der Waals surface area contributed by atoms with Crippen LogP contribution < -0.4 is 0 Å². The zero-order valence-electron chi connectivity index (χ0n) is 24.5. The van der Waals surface area contributed by atoms with E-state index in [9.17, 15) is 0 Å². The summed E-state index contributed by atoms with van der Waals surface area (Å²) in [5, 5.41) is 0. The van der Waals surface area contributed by atoms with Crippen LogP contribution in [0.4, 0.5) is 0 Å². The Kier molecular flexibility index (Phi) is 8.91. The number of halogens is 1. The van der Waals surface area contributed by atoms with Crippen LogP contribution in [-0.2, 0) is 0 Å². The van der Waals surface area contributed by atoms with E-state index < -0.39 is 0 Å². The van der Waals surface area contributed by atoms with Crippen LogP contribution in [0.15, 0.2) is 182 Å². The minimum atomic E-state index is 0. The van der Waals surface area contributed by atoms with Gasteiger partial charge in [-0.3, -0.25) is 0 Å². The van der Waals surface area contributed by atoms with E-state index in [0.717, 1.165) is 6.67 Å². The Hall–Kier alpha value is -5.05. The van der Waals surface area contributed by atoms with Gasteiger partial charge in [-0.2, -0.15) is 0 Å². The normalized spacial score (nSPS) is 13.7. The third-order valence-corrected chi connectivity index (χ3v) is 8.34. The smallest absolute Gasteiger partial charge is 0.0911 e. The molecule has 0 saturated heterocycles. The van der Waals surface area contributed by atoms with Crippen molar-refractivity contribution in [3.05, 3.63) is 205 Å². The Morgan fingerprint density at radius 2 is 0.591 bits per heavy atom. The fourth-order valence-corrected chi connectivity index (χ4v) is 6.19. The molecule has 0 amide bonds. The predicted molar refractivity (Wildman–Crippen MR) is 185 cm³/mol. The van der Waals surface area contributed by atoms with E-state index in [1.165, 1.54) is 44.5 Å². The lowest BCUT2D eigenvalue weighted by Gasteiger charge is -2.34. The number of hydrogen-bond acceptors (Lipinski definition) is 2. The van der Waals surface area contributed by atoms with Crippen LogP contribution in [0, 0.1) is 0 Å². The number of rotatable bonds is 8. The van der Waals surface area contributed by atoms with Crippen molar-refractivity contribution in [3.63, 3.8) is 0 Å².